The Hall–Kier alpha value is -1.10. The van der Waals surface area contributed by atoms with Crippen LogP contribution in [0.25, 0.3) is 0 Å². The van der Waals surface area contributed by atoms with Crippen LogP contribution in [-0.4, -0.2) is 49.9 Å². The molecule has 0 aromatic carbocycles. The summed E-state index contributed by atoms with van der Waals surface area (Å²) in [6, 6.07) is 0. The van der Waals surface area contributed by atoms with Gasteiger partial charge in [0.05, 0.1) is 6.54 Å². The molecule has 1 heterocycles. The molecule has 0 radical (unpaired) electrons. The van der Waals surface area contributed by atoms with E-state index in [0.717, 1.165) is 26.1 Å². The molecule has 0 spiro atoms. The Morgan fingerprint density at radius 1 is 1.05 bits per heavy atom. The SMILES string of the molecule is CNCC1CCCN(C(=O)CNC(=O)CC2CCCCC2)C1. The topological polar surface area (TPSA) is 61.4 Å². The van der Waals surface area contributed by atoms with Crippen molar-refractivity contribution in [2.24, 2.45) is 11.8 Å². The molecule has 1 aliphatic carbocycles. The summed E-state index contributed by atoms with van der Waals surface area (Å²) in [5.74, 6) is 1.18. The van der Waals surface area contributed by atoms with Crippen molar-refractivity contribution in [3.63, 3.8) is 0 Å². The summed E-state index contributed by atoms with van der Waals surface area (Å²) in [5, 5.41) is 6.01. The minimum absolute atomic E-state index is 0.0454. The van der Waals surface area contributed by atoms with E-state index >= 15 is 0 Å². The van der Waals surface area contributed by atoms with Gasteiger partial charge in [-0.25, -0.2) is 0 Å². The molecule has 0 aromatic heterocycles. The number of piperidine rings is 1. The van der Waals surface area contributed by atoms with E-state index in [1.54, 1.807) is 0 Å². The first-order valence-electron chi connectivity index (χ1n) is 8.88. The molecule has 2 rings (SSSR count). The van der Waals surface area contributed by atoms with E-state index in [4.69, 9.17) is 0 Å². The quantitative estimate of drug-likeness (QED) is 0.782. The van der Waals surface area contributed by atoms with Gasteiger partial charge in [0.1, 0.15) is 0 Å². The smallest absolute Gasteiger partial charge is 0.241 e. The van der Waals surface area contributed by atoms with Crippen molar-refractivity contribution in [3.8, 4) is 0 Å². The number of hydrogen-bond acceptors (Lipinski definition) is 3. The van der Waals surface area contributed by atoms with Crippen molar-refractivity contribution in [2.45, 2.75) is 51.4 Å². The van der Waals surface area contributed by atoms with Gasteiger partial charge in [0, 0.05) is 19.5 Å². The van der Waals surface area contributed by atoms with E-state index in [1.807, 2.05) is 11.9 Å². The van der Waals surface area contributed by atoms with Gasteiger partial charge < -0.3 is 15.5 Å². The van der Waals surface area contributed by atoms with Gasteiger partial charge in [-0.1, -0.05) is 19.3 Å². The summed E-state index contributed by atoms with van der Waals surface area (Å²) < 4.78 is 0. The fraction of sp³-hybridized carbons (Fsp3) is 0.882. The number of likely N-dealkylation sites (tertiary alicyclic amines) is 1. The van der Waals surface area contributed by atoms with Crippen molar-refractivity contribution < 1.29 is 9.59 Å². The first kappa shape index (κ1) is 17.3. The Morgan fingerprint density at radius 3 is 2.50 bits per heavy atom. The fourth-order valence-electron chi connectivity index (χ4n) is 3.76. The van der Waals surface area contributed by atoms with Gasteiger partial charge in [-0.3, -0.25) is 9.59 Å². The van der Waals surface area contributed by atoms with Crippen molar-refractivity contribution in [2.75, 3.05) is 33.2 Å². The van der Waals surface area contributed by atoms with E-state index in [0.29, 0.717) is 18.3 Å². The third-order valence-corrected chi connectivity index (χ3v) is 5.00. The molecule has 1 unspecified atom stereocenters. The van der Waals surface area contributed by atoms with Crippen LogP contribution in [0, 0.1) is 11.8 Å². The summed E-state index contributed by atoms with van der Waals surface area (Å²) in [7, 11) is 1.95. The van der Waals surface area contributed by atoms with Gasteiger partial charge in [-0.15, -0.1) is 0 Å². The van der Waals surface area contributed by atoms with E-state index < -0.39 is 0 Å². The third-order valence-electron chi connectivity index (χ3n) is 5.00. The van der Waals surface area contributed by atoms with Crippen LogP contribution >= 0.6 is 0 Å². The molecule has 1 saturated heterocycles. The van der Waals surface area contributed by atoms with Crippen LogP contribution in [-0.2, 0) is 9.59 Å². The zero-order valence-electron chi connectivity index (χ0n) is 13.9. The second-order valence-electron chi connectivity index (χ2n) is 6.89. The summed E-state index contributed by atoms with van der Waals surface area (Å²) >= 11 is 0. The molecular formula is C17H31N3O2. The summed E-state index contributed by atoms with van der Waals surface area (Å²) in [4.78, 5) is 26.1. The van der Waals surface area contributed by atoms with Crippen molar-refractivity contribution >= 4 is 11.8 Å². The molecule has 0 aromatic rings. The molecule has 0 bridgehead atoms. The molecule has 5 nitrogen and oxygen atoms in total. The summed E-state index contributed by atoms with van der Waals surface area (Å²) in [5.41, 5.74) is 0. The maximum Gasteiger partial charge on any atom is 0.241 e. The van der Waals surface area contributed by atoms with E-state index in [9.17, 15) is 9.59 Å². The minimum Gasteiger partial charge on any atom is -0.347 e. The number of rotatable bonds is 6. The number of nitrogens with one attached hydrogen (secondary N) is 2. The first-order valence-corrected chi connectivity index (χ1v) is 8.88. The Kier molecular flexibility index (Phi) is 7.16. The standard InChI is InChI=1S/C17H31N3O2/c1-18-11-15-8-5-9-20(13-15)17(22)12-19-16(21)10-14-6-3-2-4-7-14/h14-15,18H,2-13H2,1H3,(H,19,21). The van der Waals surface area contributed by atoms with Crippen LogP contribution in [0.5, 0.6) is 0 Å². The predicted octanol–water partition coefficient (Wildman–Crippen LogP) is 1.53. The maximum atomic E-state index is 12.2. The van der Waals surface area contributed by atoms with Crippen LogP contribution in [0.1, 0.15) is 51.4 Å². The van der Waals surface area contributed by atoms with Crippen molar-refractivity contribution in [1.82, 2.24) is 15.5 Å². The van der Waals surface area contributed by atoms with Gasteiger partial charge in [-0.05, 0) is 51.1 Å². The lowest BCUT2D eigenvalue weighted by Crippen LogP contribution is -2.46. The van der Waals surface area contributed by atoms with Crippen molar-refractivity contribution in [3.05, 3.63) is 0 Å². The zero-order valence-corrected chi connectivity index (χ0v) is 13.9. The highest BCUT2D eigenvalue weighted by atomic mass is 16.2. The average Bonchev–Trinajstić information content (AvgIpc) is 2.54. The predicted molar refractivity (Wildman–Crippen MR) is 87.4 cm³/mol. The van der Waals surface area contributed by atoms with Crippen LogP contribution < -0.4 is 10.6 Å². The second-order valence-corrected chi connectivity index (χ2v) is 6.89. The average molecular weight is 309 g/mol. The van der Waals surface area contributed by atoms with Gasteiger partial charge in [-0.2, -0.15) is 0 Å². The number of nitrogens with zero attached hydrogens (tertiary/aromatic N) is 1. The van der Waals surface area contributed by atoms with Gasteiger partial charge in [0.15, 0.2) is 0 Å². The normalized spacial score (nSPS) is 23.3. The number of amides is 2. The Labute approximate surface area is 134 Å². The van der Waals surface area contributed by atoms with Crippen LogP contribution in [0.3, 0.4) is 0 Å². The van der Waals surface area contributed by atoms with Crippen molar-refractivity contribution in [1.29, 1.82) is 0 Å². The van der Waals surface area contributed by atoms with Gasteiger partial charge in [0.2, 0.25) is 11.8 Å². The molecule has 22 heavy (non-hydrogen) atoms. The van der Waals surface area contributed by atoms with E-state index in [2.05, 4.69) is 10.6 Å². The monoisotopic (exact) mass is 309 g/mol. The highest BCUT2D eigenvalue weighted by Crippen LogP contribution is 2.26. The van der Waals surface area contributed by atoms with Gasteiger partial charge >= 0.3 is 0 Å². The highest BCUT2D eigenvalue weighted by Gasteiger charge is 2.23. The third kappa shape index (κ3) is 5.59. The molecule has 1 aliphatic heterocycles. The number of carbonyl (C=O) groups is 2. The fourth-order valence-corrected chi connectivity index (χ4v) is 3.76. The second kappa shape index (κ2) is 9.13. The van der Waals surface area contributed by atoms with Crippen LogP contribution in [0.15, 0.2) is 0 Å². The molecule has 126 valence electrons. The molecule has 1 saturated carbocycles. The minimum atomic E-state index is 0.0454. The Balaban J connectivity index is 1.66. The molecule has 2 N–H and O–H groups in total. The molecular weight excluding hydrogens is 278 g/mol. The largest absolute Gasteiger partial charge is 0.347 e. The molecule has 2 aliphatic rings. The number of carbonyl (C=O) groups excluding carboxylic acids is 2. The molecule has 1 atom stereocenters. The van der Waals surface area contributed by atoms with E-state index in [-0.39, 0.29) is 18.4 Å². The number of hydrogen-bond donors (Lipinski definition) is 2. The zero-order chi connectivity index (χ0) is 15.8. The Morgan fingerprint density at radius 2 is 1.77 bits per heavy atom. The molecule has 2 amide bonds. The lowest BCUT2D eigenvalue weighted by molar-refractivity contribution is -0.134. The Bertz CT molecular complexity index is 365. The summed E-state index contributed by atoms with van der Waals surface area (Å²) in [6.45, 7) is 2.77. The first-order chi connectivity index (χ1) is 10.7. The maximum absolute atomic E-state index is 12.2. The molecule has 2 fully saturated rings. The highest BCUT2D eigenvalue weighted by molar-refractivity contribution is 5.84. The molecule has 5 heteroatoms. The van der Waals surface area contributed by atoms with Gasteiger partial charge in [0.25, 0.3) is 0 Å². The van der Waals surface area contributed by atoms with Crippen LogP contribution in [0.2, 0.25) is 0 Å². The lowest BCUT2D eigenvalue weighted by Gasteiger charge is -2.32. The van der Waals surface area contributed by atoms with Crippen LogP contribution in [0.4, 0.5) is 0 Å². The van der Waals surface area contributed by atoms with E-state index in [1.165, 1.54) is 38.5 Å². The summed E-state index contributed by atoms with van der Waals surface area (Å²) in [6.07, 6.45) is 8.97. The lowest BCUT2D eigenvalue weighted by atomic mass is 9.87.